The number of benzene rings is 1. The average molecular weight is 380 g/mol. The molecular formula is C17H20N2O4S2. The number of carbonyl (C=O) groups is 1. The van der Waals surface area contributed by atoms with Crippen LogP contribution in [0, 0.1) is 0 Å². The predicted molar refractivity (Wildman–Crippen MR) is 96.5 cm³/mol. The van der Waals surface area contributed by atoms with Crippen molar-refractivity contribution in [3.63, 3.8) is 0 Å². The van der Waals surface area contributed by atoms with Gasteiger partial charge in [-0.05, 0) is 31.7 Å². The maximum Gasteiger partial charge on any atom is 0.349 e. The van der Waals surface area contributed by atoms with Crippen LogP contribution in [-0.4, -0.2) is 39.6 Å². The first kappa shape index (κ1) is 17.0. The van der Waals surface area contributed by atoms with Crippen LogP contribution in [0.2, 0.25) is 0 Å². The van der Waals surface area contributed by atoms with Crippen molar-refractivity contribution < 1.29 is 17.9 Å². The molecule has 0 radical (unpaired) electrons. The molecular weight excluding hydrogens is 360 g/mol. The van der Waals surface area contributed by atoms with Crippen molar-refractivity contribution in [1.82, 2.24) is 10.0 Å². The lowest BCUT2D eigenvalue weighted by atomic mass is 10.0. The maximum atomic E-state index is 13.1. The Morgan fingerprint density at radius 2 is 1.92 bits per heavy atom. The second kappa shape index (κ2) is 6.35. The molecule has 0 spiro atoms. The molecule has 3 heterocycles. The van der Waals surface area contributed by atoms with Crippen LogP contribution >= 0.6 is 11.3 Å². The molecule has 2 aromatic rings. The number of rotatable bonds is 4. The molecule has 4 rings (SSSR count). The molecule has 2 N–H and O–H groups in total. The quantitative estimate of drug-likeness (QED) is 0.795. The van der Waals surface area contributed by atoms with E-state index in [0.29, 0.717) is 17.5 Å². The summed E-state index contributed by atoms with van der Waals surface area (Å²) >= 11 is 1.15. The summed E-state index contributed by atoms with van der Waals surface area (Å²) in [5.74, 6) is -0.619. The van der Waals surface area contributed by atoms with Crippen LogP contribution in [0.1, 0.15) is 35.4 Å². The lowest BCUT2D eigenvalue weighted by Crippen LogP contribution is -2.48. The van der Waals surface area contributed by atoms with Gasteiger partial charge in [0, 0.05) is 28.2 Å². The van der Waals surface area contributed by atoms with Crippen LogP contribution in [0.25, 0.3) is 10.1 Å². The number of esters is 1. The van der Waals surface area contributed by atoms with Crippen molar-refractivity contribution in [2.75, 3.05) is 7.11 Å². The minimum Gasteiger partial charge on any atom is -0.465 e. The number of methoxy groups -OCH3 is 1. The number of fused-ring (bicyclic) bond motifs is 3. The molecule has 2 fully saturated rings. The van der Waals surface area contributed by atoms with E-state index in [0.717, 1.165) is 41.7 Å². The second-order valence-corrected chi connectivity index (χ2v) is 9.38. The topological polar surface area (TPSA) is 84.5 Å². The van der Waals surface area contributed by atoms with Crippen LogP contribution in [0.5, 0.6) is 0 Å². The van der Waals surface area contributed by atoms with Gasteiger partial charge in [-0.25, -0.2) is 17.9 Å². The Hall–Kier alpha value is -1.48. The number of hydrogen-bond donors (Lipinski definition) is 2. The Bertz CT molecular complexity index is 910. The van der Waals surface area contributed by atoms with Gasteiger partial charge in [0.05, 0.1) is 7.11 Å². The van der Waals surface area contributed by atoms with Gasteiger partial charge in [0.25, 0.3) is 0 Å². The number of thiophene rings is 1. The van der Waals surface area contributed by atoms with Gasteiger partial charge < -0.3 is 10.1 Å². The highest BCUT2D eigenvalue weighted by Gasteiger charge is 2.37. The van der Waals surface area contributed by atoms with E-state index in [4.69, 9.17) is 4.74 Å². The molecule has 2 aliphatic rings. The summed E-state index contributed by atoms with van der Waals surface area (Å²) in [4.78, 5) is 12.3. The minimum atomic E-state index is -3.82. The molecule has 0 saturated carbocycles. The number of carbonyl (C=O) groups excluding carboxylic acids is 1. The Labute approximate surface area is 150 Å². The van der Waals surface area contributed by atoms with Crippen molar-refractivity contribution in [3.05, 3.63) is 29.1 Å². The van der Waals surface area contributed by atoms with E-state index in [-0.39, 0.29) is 15.8 Å². The van der Waals surface area contributed by atoms with E-state index in [1.165, 1.54) is 7.11 Å². The summed E-state index contributed by atoms with van der Waals surface area (Å²) in [7, 11) is -2.55. The molecule has 134 valence electrons. The van der Waals surface area contributed by atoms with Gasteiger partial charge in [0.2, 0.25) is 10.0 Å². The van der Waals surface area contributed by atoms with Gasteiger partial charge in [-0.1, -0.05) is 18.2 Å². The zero-order valence-electron chi connectivity index (χ0n) is 13.8. The standard InChI is InChI=1S/C17H20N2O4S2/c1-23-17(20)15-16(13-4-2-3-5-14(13)24-15)25(21,22)19-12-8-10-6-7-11(9-12)18-10/h2-5,10-12,18-19H,6-9H2,1H3. The van der Waals surface area contributed by atoms with Crippen LogP contribution in [0.4, 0.5) is 0 Å². The molecule has 2 saturated heterocycles. The smallest absolute Gasteiger partial charge is 0.349 e. The third-order valence-electron chi connectivity index (χ3n) is 4.98. The highest BCUT2D eigenvalue weighted by atomic mass is 32.2. The van der Waals surface area contributed by atoms with Crippen molar-refractivity contribution in [1.29, 1.82) is 0 Å². The van der Waals surface area contributed by atoms with Crippen molar-refractivity contribution in [3.8, 4) is 0 Å². The van der Waals surface area contributed by atoms with Gasteiger partial charge >= 0.3 is 5.97 Å². The number of ether oxygens (including phenoxy) is 1. The Morgan fingerprint density at radius 1 is 1.24 bits per heavy atom. The molecule has 0 aliphatic carbocycles. The summed E-state index contributed by atoms with van der Waals surface area (Å²) in [6.07, 6.45) is 3.76. The summed E-state index contributed by atoms with van der Waals surface area (Å²) in [6.45, 7) is 0. The van der Waals surface area contributed by atoms with Crippen LogP contribution in [0.3, 0.4) is 0 Å². The Morgan fingerprint density at radius 3 is 2.60 bits per heavy atom. The average Bonchev–Trinajstić information content (AvgIpc) is 3.14. The summed E-state index contributed by atoms with van der Waals surface area (Å²) in [6, 6.07) is 7.81. The zero-order valence-corrected chi connectivity index (χ0v) is 15.5. The molecule has 2 unspecified atom stereocenters. The third kappa shape index (κ3) is 3.08. The Balaban J connectivity index is 1.73. The van der Waals surface area contributed by atoms with Gasteiger partial charge in [-0.2, -0.15) is 0 Å². The van der Waals surface area contributed by atoms with Crippen molar-refractivity contribution >= 4 is 37.4 Å². The first-order chi connectivity index (χ1) is 12.0. The lowest BCUT2D eigenvalue weighted by molar-refractivity contribution is 0.0602. The molecule has 25 heavy (non-hydrogen) atoms. The summed E-state index contributed by atoms with van der Waals surface area (Å²) in [5, 5.41) is 4.07. The number of piperidine rings is 1. The fourth-order valence-corrected chi connectivity index (χ4v) is 7.03. The molecule has 8 heteroatoms. The molecule has 2 aliphatic heterocycles. The van der Waals surface area contributed by atoms with Crippen LogP contribution in [0.15, 0.2) is 29.2 Å². The van der Waals surface area contributed by atoms with Gasteiger partial charge in [0.15, 0.2) is 0 Å². The fraction of sp³-hybridized carbons (Fsp3) is 0.471. The van der Waals surface area contributed by atoms with Crippen molar-refractivity contribution in [2.24, 2.45) is 0 Å². The first-order valence-electron chi connectivity index (χ1n) is 8.36. The predicted octanol–water partition coefficient (Wildman–Crippen LogP) is 2.25. The van der Waals surface area contributed by atoms with E-state index in [1.54, 1.807) is 12.1 Å². The van der Waals surface area contributed by atoms with Gasteiger partial charge in [-0.15, -0.1) is 11.3 Å². The normalized spacial score (nSPS) is 26.0. The summed E-state index contributed by atoms with van der Waals surface area (Å²) in [5.41, 5.74) is 0. The molecule has 2 atom stereocenters. The van der Waals surface area contributed by atoms with Gasteiger partial charge in [0.1, 0.15) is 9.77 Å². The van der Waals surface area contributed by atoms with Crippen LogP contribution < -0.4 is 10.0 Å². The molecule has 2 bridgehead atoms. The number of sulfonamides is 1. The zero-order chi connectivity index (χ0) is 17.6. The van der Waals surface area contributed by atoms with Crippen molar-refractivity contribution in [2.45, 2.75) is 48.7 Å². The Kier molecular flexibility index (Phi) is 4.31. The first-order valence-corrected chi connectivity index (χ1v) is 10.7. The third-order valence-corrected chi connectivity index (χ3v) is 7.87. The molecule has 1 aromatic carbocycles. The molecule has 6 nitrogen and oxygen atoms in total. The molecule has 1 aromatic heterocycles. The maximum absolute atomic E-state index is 13.1. The lowest BCUT2D eigenvalue weighted by Gasteiger charge is -2.29. The van der Waals surface area contributed by atoms with E-state index in [1.807, 2.05) is 12.1 Å². The largest absolute Gasteiger partial charge is 0.465 e. The van der Waals surface area contributed by atoms with E-state index in [9.17, 15) is 13.2 Å². The number of hydrogen-bond acceptors (Lipinski definition) is 6. The highest BCUT2D eigenvalue weighted by Crippen LogP contribution is 2.36. The second-order valence-electron chi connectivity index (χ2n) is 6.68. The van der Waals surface area contributed by atoms with Crippen LogP contribution in [-0.2, 0) is 14.8 Å². The fourth-order valence-electron chi connectivity index (χ4n) is 3.95. The SMILES string of the molecule is COC(=O)c1sc2ccccc2c1S(=O)(=O)NC1CC2CCC(C1)N2. The summed E-state index contributed by atoms with van der Waals surface area (Å²) < 4.78 is 34.6. The minimum absolute atomic E-state index is 0.0471. The molecule has 0 amide bonds. The highest BCUT2D eigenvalue weighted by molar-refractivity contribution is 7.90. The monoisotopic (exact) mass is 380 g/mol. The van der Waals surface area contributed by atoms with E-state index >= 15 is 0 Å². The van der Waals surface area contributed by atoms with E-state index in [2.05, 4.69) is 10.0 Å². The number of nitrogens with one attached hydrogen (secondary N) is 2. The van der Waals surface area contributed by atoms with E-state index < -0.39 is 16.0 Å². The van der Waals surface area contributed by atoms with Gasteiger partial charge in [-0.3, -0.25) is 0 Å².